The molecule has 1 atom stereocenters. The average molecular weight is 379 g/mol. The van der Waals surface area contributed by atoms with Crippen molar-refractivity contribution >= 4 is 24.0 Å². The summed E-state index contributed by atoms with van der Waals surface area (Å²) in [5, 5.41) is 10.7. The molecule has 0 aliphatic carbocycles. The normalized spacial score (nSPS) is 23.4. The molecule has 0 spiro atoms. The van der Waals surface area contributed by atoms with E-state index in [4.69, 9.17) is 14.5 Å². The second-order valence-electron chi connectivity index (χ2n) is 6.66. The van der Waals surface area contributed by atoms with Crippen LogP contribution in [0.15, 0.2) is 29.2 Å². The molecule has 2 fully saturated rings. The molecule has 7 heteroatoms. The minimum Gasteiger partial charge on any atom is -0.392 e. The van der Waals surface area contributed by atoms with E-state index in [0.717, 1.165) is 45.5 Å². The van der Waals surface area contributed by atoms with E-state index in [1.807, 2.05) is 19.1 Å². The van der Waals surface area contributed by atoms with E-state index in [9.17, 15) is 5.11 Å². The first-order chi connectivity index (χ1) is 12.0. The molecule has 2 aliphatic heterocycles. The van der Waals surface area contributed by atoms with Gasteiger partial charge in [-0.2, -0.15) is 0 Å². The van der Waals surface area contributed by atoms with Crippen LogP contribution in [0.5, 0.6) is 0 Å². The fourth-order valence-corrected chi connectivity index (χ4v) is 4.58. The standard InChI is InChI=1S/C18H22N2O3S2/c1-18(22-8-9-23-18)17-19-15(11-20-7-6-13(21)10-20)16(25-17)12-2-4-14(24)5-3-12/h2-5,13,21,24H,6-11H2,1H3. The zero-order chi connectivity index (χ0) is 17.4. The van der Waals surface area contributed by atoms with Crippen LogP contribution in [0.4, 0.5) is 0 Å². The Morgan fingerprint density at radius 1 is 1.32 bits per heavy atom. The van der Waals surface area contributed by atoms with Crippen molar-refractivity contribution in [3.63, 3.8) is 0 Å². The molecule has 134 valence electrons. The third-order valence-electron chi connectivity index (χ3n) is 4.67. The van der Waals surface area contributed by atoms with Gasteiger partial charge in [-0.3, -0.25) is 4.90 Å². The number of thiazole rings is 1. The summed E-state index contributed by atoms with van der Waals surface area (Å²) in [5.41, 5.74) is 2.14. The van der Waals surface area contributed by atoms with Gasteiger partial charge in [0.2, 0.25) is 5.79 Å². The molecule has 2 aliphatic rings. The number of rotatable bonds is 4. The molecular weight excluding hydrogens is 356 g/mol. The number of likely N-dealkylation sites (tertiary alicyclic amines) is 1. The van der Waals surface area contributed by atoms with Gasteiger partial charge in [0.25, 0.3) is 0 Å². The summed E-state index contributed by atoms with van der Waals surface area (Å²) in [6, 6.07) is 8.12. The Labute approximate surface area is 157 Å². The van der Waals surface area contributed by atoms with Crippen LogP contribution in [0.25, 0.3) is 10.4 Å². The van der Waals surface area contributed by atoms with Crippen molar-refractivity contribution in [2.45, 2.75) is 36.7 Å². The molecule has 25 heavy (non-hydrogen) atoms. The smallest absolute Gasteiger partial charge is 0.219 e. The van der Waals surface area contributed by atoms with Crippen molar-refractivity contribution in [3.05, 3.63) is 35.0 Å². The van der Waals surface area contributed by atoms with Crippen LogP contribution in [0.2, 0.25) is 0 Å². The number of aromatic nitrogens is 1. The summed E-state index contributed by atoms with van der Waals surface area (Å²) in [7, 11) is 0. The van der Waals surface area contributed by atoms with E-state index in [2.05, 4.69) is 29.7 Å². The quantitative estimate of drug-likeness (QED) is 0.802. The monoisotopic (exact) mass is 378 g/mol. The van der Waals surface area contributed by atoms with Crippen LogP contribution in [0.3, 0.4) is 0 Å². The SMILES string of the molecule is CC1(c2nc(CN3CCC(O)C3)c(-c3ccc(S)cc3)s2)OCCO1. The lowest BCUT2D eigenvalue weighted by molar-refractivity contribution is -0.149. The number of hydrogen-bond donors (Lipinski definition) is 2. The van der Waals surface area contributed by atoms with E-state index in [1.165, 1.54) is 0 Å². The Balaban J connectivity index is 1.69. The molecule has 0 bridgehead atoms. The molecule has 1 unspecified atom stereocenters. The van der Waals surface area contributed by atoms with Crippen molar-refractivity contribution in [2.24, 2.45) is 0 Å². The number of thiol groups is 1. The molecule has 3 heterocycles. The van der Waals surface area contributed by atoms with Crippen molar-refractivity contribution in [2.75, 3.05) is 26.3 Å². The molecule has 1 N–H and O–H groups in total. The van der Waals surface area contributed by atoms with Crippen LogP contribution < -0.4 is 0 Å². The topological polar surface area (TPSA) is 54.8 Å². The predicted molar refractivity (Wildman–Crippen MR) is 100.0 cm³/mol. The van der Waals surface area contributed by atoms with Crippen LogP contribution in [0, 0.1) is 0 Å². The van der Waals surface area contributed by atoms with Gasteiger partial charge >= 0.3 is 0 Å². The Bertz CT molecular complexity index is 741. The Hall–Kier alpha value is -0.960. The minimum atomic E-state index is -0.758. The first-order valence-electron chi connectivity index (χ1n) is 8.51. The van der Waals surface area contributed by atoms with Gasteiger partial charge in [-0.1, -0.05) is 12.1 Å². The highest BCUT2D eigenvalue weighted by Gasteiger charge is 2.37. The maximum Gasteiger partial charge on any atom is 0.219 e. The third kappa shape index (κ3) is 3.63. The molecule has 5 nitrogen and oxygen atoms in total. The maximum atomic E-state index is 9.81. The minimum absolute atomic E-state index is 0.232. The Kier molecular flexibility index (Phi) is 4.87. The molecule has 4 rings (SSSR count). The second kappa shape index (κ2) is 6.98. The Morgan fingerprint density at radius 3 is 2.68 bits per heavy atom. The second-order valence-corrected chi connectivity index (χ2v) is 8.18. The summed E-state index contributed by atoms with van der Waals surface area (Å²) >= 11 is 6.00. The Morgan fingerprint density at radius 2 is 2.04 bits per heavy atom. The van der Waals surface area contributed by atoms with Gasteiger partial charge in [-0.25, -0.2) is 4.98 Å². The number of hydrogen-bond acceptors (Lipinski definition) is 7. The molecule has 1 aromatic heterocycles. The third-order valence-corrected chi connectivity index (χ3v) is 6.30. The summed E-state index contributed by atoms with van der Waals surface area (Å²) in [4.78, 5) is 9.19. The predicted octanol–water partition coefficient (Wildman–Crippen LogP) is 2.88. The van der Waals surface area contributed by atoms with Gasteiger partial charge in [-0.05, 0) is 31.0 Å². The summed E-state index contributed by atoms with van der Waals surface area (Å²) in [6.07, 6.45) is 0.592. The van der Waals surface area contributed by atoms with Crippen molar-refractivity contribution in [1.82, 2.24) is 9.88 Å². The molecule has 0 radical (unpaired) electrons. The van der Waals surface area contributed by atoms with Gasteiger partial charge in [-0.15, -0.1) is 24.0 Å². The van der Waals surface area contributed by atoms with Crippen LogP contribution in [-0.2, 0) is 21.8 Å². The first-order valence-corrected chi connectivity index (χ1v) is 9.78. The lowest BCUT2D eigenvalue weighted by atomic mass is 10.1. The highest BCUT2D eigenvalue weighted by atomic mass is 32.1. The van der Waals surface area contributed by atoms with Crippen LogP contribution in [0.1, 0.15) is 24.0 Å². The van der Waals surface area contributed by atoms with Gasteiger partial charge in [0, 0.05) is 24.5 Å². The fourth-order valence-electron chi connectivity index (χ4n) is 3.30. The van der Waals surface area contributed by atoms with Crippen LogP contribution >= 0.6 is 24.0 Å². The first kappa shape index (κ1) is 17.5. The zero-order valence-corrected chi connectivity index (χ0v) is 15.9. The molecule has 0 amide bonds. The lowest BCUT2D eigenvalue weighted by Gasteiger charge is -2.19. The number of aliphatic hydroxyl groups is 1. The van der Waals surface area contributed by atoms with E-state index < -0.39 is 5.79 Å². The highest BCUT2D eigenvalue weighted by Crippen LogP contribution is 2.40. The van der Waals surface area contributed by atoms with E-state index in [0.29, 0.717) is 19.8 Å². The molecule has 0 saturated carbocycles. The van der Waals surface area contributed by atoms with Gasteiger partial charge in [0.15, 0.2) is 5.01 Å². The molecular formula is C18H22N2O3S2. The summed E-state index contributed by atoms with van der Waals surface area (Å²) in [5.74, 6) is -0.758. The van der Waals surface area contributed by atoms with Crippen molar-refractivity contribution < 1.29 is 14.6 Å². The number of benzene rings is 1. The highest BCUT2D eigenvalue weighted by molar-refractivity contribution is 7.80. The number of ether oxygens (including phenoxy) is 2. The molecule has 2 aromatic rings. The number of aliphatic hydroxyl groups excluding tert-OH is 1. The number of nitrogens with zero attached hydrogens (tertiary/aromatic N) is 2. The van der Waals surface area contributed by atoms with Crippen molar-refractivity contribution in [3.8, 4) is 10.4 Å². The number of β-amino-alcohol motifs (C(OH)–C–C–N with tert-alkyl or cyclic N) is 1. The molecule has 2 saturated heterocycles. The van der Waals surface area contributed by atoms with Gasteiger partial charge in [0.05, 0.1) is 29.9 Å². The van der Waals surface area contributed by atoms with Gasteiger partial charge < -0.3 is 14.6 Å². The largest absolute Gasteiger partial charge is 0.392 e. The summed E-state index contributed by atoms with van der Waals surface area (Å²) < 4.78 is 11.6. The maximum absolute atomic E-state index is 9.81. The van der Waals surface area contributed by atoms with E-state index >= 15 is 0 Å². The lowest BCUT2D eigenvalue weighted by Crippen LogP contribution is -2.24. The van der Waals surface area contributed by atoms with Crippen LogP contribution in [-0.4, -0.2) is 47.4 Å². The van der Waals surface area contributed by atoms with Crippen molar-refractivity contribution in [1.29, 1.82) is 0 Å². The zero-order valence-electron chi connectivity index (χ0n) is 14.1. The summed E-state index contributed by atoms with van der Waals surface area (Å²) in [6.45, 7) is 5.44. The fraction of sp³-hybridized carbons (Fsp3) is 0.500. The van der Waals surface area contributed by atoms with E-state index in [1.54, 1.807) is 11.3 Å². The van der Waals surface area contributed by atoms with E-state index in [-0.39, 0.29) is 6.10 Å². The van der Waals surface area contributed by atoms with Gasteiger partial charge in [0.1, 0.15) is 0 Å². The molecule has 1 aromatic carbocycles. The average Bonchev–Trinajstić information content (AvgIpc) is 3.30.